The summed E-state index contributed by atoms with van der Waals surface area (Å²) in [5, 5.41) is 0.595. The highest BCUT2D eigenvalue weighted by atomic mass is 35.5. The van der Waals surface area contributed by atoms with Gasteiger partial charge in [-0.3, -0.25) is 4.79 Å². The number of anilines is 1. The first-order valence-electron chi connectivity index (χ1n) is 5.73. The Labute approximate surface area is 101 Å². The minimum Gasteiger partial charge on any atom is -0.371 e. The topological polar surface area (TPSA) is 20.3 Å². The summed E-state index contributed by atoms with van der Waals surface area (Å²) in [6.07, 6.45) is 4.62. The lowest BCUT2D eigenvalue weighted by atomic mass is 10.1. The first-order chi connectivity index (χ1) is 7.74. The van der Waals surface area contributed by atoms with Crippen molar-refractivity contribution in [3.63, 3.8) is 0 Å². The quantitative estimate of drug-likeness (QED) is 0.735. The zero-order valence-corrected chi connectivity index (χ0v) is 10.3. The van der Waals surface area contributed by atoms with Crippen LogP contribution in [0, 0.1) is 6.92 Å². The van der Waals surface area contributed by atoms with E-state index in [1.807, 2.05) is 19.1 Å². The van der Waals surface area contributed by atoms with Gasteiger partial charge in [-0.1, -0.05) is 11.6 Å². The molecular formula is C13H16ClNO. The predicted molar refractivity (Wildman–Crippen MR) is 67.6 cm³/mol. The molecule has 1 aromatic rings. The molecule has 0 radical (unpaired) electrons. The maximum atomic E-state index is 10.8. The van der Waals surface area contributed by atoms with Crippen LogP contribution in [0.15, 0.2) is 12.1 Å². The molecule has 0 unspecified atom stereocenters. The number of hydrogen-bond acceptors (Lipinski definition) is 2. The Morgan fingerprint density at radius 3 is 2.56 bits per heavy atom. The lowest BCUT2D eigenvalue weighted by molar-refractivity contribution is 0.112. The van der Waals surface area contributed by atoms with E-state index in [0.717, 1.165) is 24.9 Å². The van der Waals surface area contributed by atoms with E-state index in [1.54, 1.807) is 0 Å². The SMILES string of the molecule is Cc1c(N2CCCCC2)ccc(C=O)c1Cl. The molecule has 1 aliphatic rings. The first kappa shape index (κ1) is 11.5. The highest BCUT2D eigenvalue weighted by molar-refractivity contribution is 6.34. The third-order valence-electron chi connectivity index (χ3n) is 3.21. The standard InChI is InChI=1S/C13H16ClNO/c1-10-12(15-7-3-2-4-8-15)6-5-11(9-16)13(10)14/h5-6,9H,2-4,7-8H2,1H3. The molecule has 16 heavy (non-hydrogen) atoms. The van der Waals surface area contributed by atoms with Crippen LogP contribution < -0.4 is 4.90 Å². The molecule has 0 aromatic heterocycles. The van der Waals surface area contributed by atoms with Gasteiger partial charge < -0.3 is 4.90 Å². The summed E-state index contributed by atoms with van der Waals surface area (Å²) in [7, 11) is 0. The Bertz CT molecular complexity index is 397. The summed E-state index contributed by atoms with van der Waals surface area (Å²) >= 11 is 6.16. The van der Waals surface area contributed by atoms with Gasteiger partial charge in [-0.05, 0) is 43.9 Å². The molecule has 0 atom stereocenters. The van der Waals surface area contributed by atoms with Gasteiger partial charge in [0.05, 0.1) is 5.02 Å². The molecule has 1 aromatic carbocycles. The van der Waals surface area contributed by atoms with E-state index in [2.05, 4.69) is 4.90 Å². The summed E-state index contributed by atoms with van der Waals surface area (Å²) in [5.41, 5.74) is 2.78. The number of rotatable bonds is 2. The van der Waals surface area contributed by atoms with Crippen LogP contribution in [0.1, 0.15) is 35.2 Å². The second-order valence-corrected chi connectivity index (χ2v) is 4.66. The first-order valence-corrected chi connectivity index (χ1v) is 6.11. The van der Waals surface area contributed by atoms with Crippen molar-refractivity contribution in [2.45, 2.75) is 26.2 Å². The summed E-state index contributed by atoms with van der Waals surface area (Å²) in [5.74, 6) is 0. The Morgan fingerprint density at radius 1 is 1.25 bits per heavy atom. The monoisotopic (exact) mass is 237 g/mol. The molecule has 0 bridgehead atoms. The van der Waals surface area contributed by atoms with Gasteiger partial charge in [0.15, 0.2) is 6.29 Å². The summed E-state index contributed by atoms with van der Waals surface area (Å²) < 4.78 is 0. The highest BCUT2D eigenvalue weighted by Crippen LogP contribution is 2.30. The molecule has 1 fully saturated rings. The van der Waals surface area contributed by atoms with E-state index in [4.69, 9.17) is 11.6 Å². The molecule has 0 amide bonds. The number of piperidine rings is 1. The fourth-order valence-corrected chi connectivity index (χ4v) is 2.47. The van der Waals surface area contributed by atoms with Crippen LogP contribution >= 0.6 is 11.6 Å². The number of nitrogens with zero attached hydrogens (tertiary/aromatic N) is 1. The van der Waals surface area contributed by atoms with Gasteiger partial charge in [0, 0.05) is 24.3 Å². The zero-order valence-electron chi connectivity index (χ0n) is 9.50. The Hall–Kier alpha value is -1.02. The number of benzene rings is 1. The number of carbonyl (C=O) groups excluding carboxylic acids is 1. The van der Waals surface area contributed by atoms with E-state index in [1.165, 1.54) is 24.9 Å². The molecule has 86 valence electrons. The van der Waals surface area contributed by atoms with Gasteiger partial charge in [0.25, 0.3) is 0 Å². The third kappa shape index (κ3) is 2.07. The van der Waals surface area contributed by atoms with Crippen LogP contribution in [0.5, 0.6) is 0 Å². The fraction of sp³-hybridized carbons (Fsp3) is 0.462. The van der Waals surface area contributed by atoms with E-state index in [0.29, 0.717) is 10.6 Å². The maximum absolute atomic E-state index is 10.8. The van der Waals surface area contributed by atoms with Crippen molar-refractivity contribution in [2.75, 3.05) is 18.0 Å². The molecule has 0 saturated carbocycles. The number of aldehydes is 1. The van der Waals surface area contributed by atoms with Crippen molar-refractivity contribution < 1.29 is 4.79 Å². The smallest absolute Gasteiger partial charge is 0.151 e. The Kier molecular flexibility index (Phi) is 3.49. The number of carbonyl (C=O) groups is 1. The molecule has 1 aliphatic heterocycles. The van der Waals surface area contributed by atoms with Gasteiger partial charge in [-0.15, -0.1) is 0 Å². The molecule has 3 heteroatoms. The average Bonchev–Trinajstić information content (AvgIpc) is 2.34. The van der Waals surface area contributed by atoms with E-state index >= 15 is 0 Å². The molecule has 0 N–H and O–H groups in total. The Balaban J connectivity index is 2.34. The molecule has 1 saturated heterocycles. The third-order valence-corrected chi connectivity index (χ3v) is 3.71. The zero-order chi connectivity index (χ0) is 11.5. The number of hydrogen-bond donors (Lipinski definition) is 0. The van der Waals surface area contributed by atoms with Crippen LogP contribution in [-0.2, 0) is 0 Å². The predicted octanol–water partition coefficient (Wildman–Crippen LogP) is 3.45. The normalized spacial score (nSPS) is 16.2. The van der Waals surface area contributed by atoms with Gasteiger partial charge >= 0.3 is 0 Å². The Morgan fingerprint density at radius 2 is 1.94 bits per heavy atom. The second kappa shape index (κ2) is 4.88. The van der Waals surface area contributed by atoms with Gasteiger partial charge in [0.2, 0.25) is 0 Å². The van der Waals surface area contributed by atoms with Gasteiger partial charge in [0.1, 0.15) is 0 Å². The average molecular weight is 238 g/mol. The molecule has 0 spiro atoms. The summed E-state index contributed by atoms with van der Waals surface area (Å²) in [4.78, 5) is 13.1. The number of halogens is 1. The van der Waals surface area contributed by atoms with Crippen molar-refractivity contribution >= 4 is 23.6 Å². The highest BCUT2D eigenvalue weighted by Gasteiger charge is 2.15. The van der Waals surface area contributed by atoms with Crippen molar-refractivity contribution in [1.82, 2.24) is 0 Å². The van der Waals surface area contributed by atoms with Crippen LogP contribution in [0.3, 0.4) is 0 Å². The molecule has 1 heterocycles. The minimum absolute atomic E-state index is 0.583. The van der Waals surface area contributed by atoms with Crippen LogP contribution in [-0.4, -0.2) is 19.4 Å². The van der Waals surface area contributed by atoms with Crippen molar-refractivity contribution in [2.24, 2.45) is 0 Å². The molecular weight excluding hydrogens is 222 g/mol. The van der Waals surface area contributed by atoms with Crippen molar-refractivity contribution in [1.29, 1.82) is 0 Å². The largest absolute Gasteiger partial charge is 0.371 e. The van der Waals surface area contributed by atoms with Crippen molar-refractivity contribution in [3.05, 3.63) is 28.3 Å². The maximum Gasteiger partial charge on any atom is 0.151 e. The van der Waals surface area contributed by atoms with E-state index in [9.17, 15) is 4.79 Å². The second-order valence-electron chi connectivity index (χ2n) is 4.28. The lowest BCUT2D eigenvalue weighted by Crippen LogP contribution is -2.30. The van der Waals surface area contributed by atoms with Crippen LogP contribution in [0.2, 0.25) is 5.02 Å². The van der Waals surface area contributed by atoms with Gasteiger partial charge in [-0.25, -0.2) is 0 Å². The van der Waals surface area contributed by atoms with E-state index < -0.39 is 0 Å². The molecule has 0 aliphatic carbocycles. The summed E-state index contributed by atoms with van der Waals surface area (Å²) in [6.45, 7) is 4.18. The minimum atomic E-state index is 0.583. The van der Waals surface area contributed by atoms with Crippen molar-refractivity contribution in [3.8, 4) is 0 Å². The van der Waals surface area contributed by atoms with Gasteiger partial charge in [-0.2, -0.15) is 0 Å². The van der Waals surface area contributed by atoms with E-state index in [-0.39, 0.29) is 0 Å². The molecule has 2 rings (SSSR count). The summed E-state index contributed by atoms with van der Waals surface area (Å²) in [6, 6.07) is 3.82. The fourth-order valence-electron chi connectivity index (χ4n) is 2.26. The van der Waals surface area contributed by atoms with Crippen LogP contribution in [0.25, 0.3) is 0 Å². The lowest BCUT2D eigenvalue weighted by Gasteiger charge is -2.30. The van der Waals surface area contributed by atoms with Crippen LogP contribution in [0.4, 0.5) is 5.69 Å². The molecule has 2 nitrogen and oxygen atoms in total.